The maximum Gasteiger partial charge on any atom is 0.600 e. The second-order valence-electron chi connectivity index (χ2n) is 3.19. The number of hydrogen-bond donors (Lipinski definition) is 0. The van der Waals surface area contributed by atoms with Gasteiger partial charge in [0.15, 0.2) is 9.58 Å². The highest BCUT2D eigenvalue weighted by atomic mass is 79.9. The van der Waals surface area contributed by atoms with Gasteiger partial charge in [-0.05, 0) is 12.1 Å². The molecule has 0 amide bonds. The molecular weight excluding hydrogens is 308 g/mol. The zero-order chi connectivity index (χ0) is 11.2. The molecule has 2 rings (SSSR count). The molecule has 88 valence electrons. The second-order valence-corrected chi connectivity index (χ2v) is 5.35. The summed E-state index contributed by atoms with van der Waals surface area (Å²) < 4.78 is 50.9. The van der Waals surface area contributed by atoms with Crippen LogP contribution in [-0.4, -0.2) is 0 Å². The first kappa shape index (κ1) is 13.4. The number of benzene rings is 1. The van der Waals surface area contributed by atoms with Crippen molar-refractivity contribution in [1.29, 1.82) is 0 Å². The van der Waals surface area contributed by atoms with Crippen LogP contribution in [0.1, 0.15) is 4.88 Å². The Labute approximate surface area is 103 Å². The van der Waals surface area contributed by atoms with E-state index in [0.29, 0.717) is 5.39 Å². The number of hydrogen-bond acceptors (Lipinski definition) is 0. The third-order valence-corrected chi connectivity index (χ3v) is 4.13. The molecule has 0 saturated heterocycles. The van der Waals surface area contributed by atoms with E-state index in [-0.39, 0.29) is 26.6 Å². The molecule has 1 aromatic carbocycles. The molecule has 0 spiro atoms. The highest BCUT2D eigenvalue weighted by molar-refractivity contribution is 7.38. The van der Waals surface area contributed by atoms with Gasteiger partial charge in [-0.1, -0.05) is 0 Å². The van der Waals surface area contributed by atoms with E-state index >= 15 is 0 Å². The van der Waals surface area contributed by atoms with E-state index in [1.54, 1.807) is 0 Å². The summed E-state index contributed by atoms with van der Waals surface area (Å²) in [7, 11) is -1.95. The van der Waals surface area contributed by atoms with E-state index in [9.17, 15) is 17.6 Å². The van der Waals surface area contributed by atoms with Crippen molar-refractivity contribution in [3.63, 3.8) is 0 Å². The Hall–Kier alpha value is -0.620. The quantitative estimate of drug-likeness (QED) is 0.511. The van der Waals surface area contributed by atoms with Crippen LogP contribution in [-0.2, 0) is 5.51 Å². The topological polar surface area (TPSA) is 0 Å². The van der Waals surface area contributed by atoms with Crippen molar-refractivity contribution < 1.29 is 34.5 Å². The molecule has 2 aromatic rings. The number of thiophene rings is 1. The van der Waals surface area contributed by atoms with Crippen LogP contribution in [0, 0.1) is 12.7 Å². The standard InChI is InChI=1S/C10H7F4S.BrH/c1-6-4-7-2-3-8(11)5-9(7)15(6)10(12,13)14;/h2-5H,1H3;1H/q+1;/p-1. The Kier molecular flexibility index (Phi) is 3.64. The fraction of sp³-hybridized carbons (Fsp3) is 0.200. The predicted octanol–water partition coefficient (Wildman–Crippen LogP) is 1.52. The molecule has 0 nitrogen and oxygen atoms in total. The summed E-state index contributed by atoms with van der Waals surface area (Å²) in [4.78, 5) is 0.239. The van der Waals surface area contributed by atoms with E-state index in [1.165, 1.54) is 25.1 Å². The van der Waals surface area contributed by atoms with Gasteiger partial charge in [0.1, 0.15) is 5.82 Å². The monoisotopic (exact) mass is 314 g/mol. The van der Waals surface area contributed by atoms with Gasteiger partial charge >= 0.3 is 5.51 Å². The van der Waals surface area contributed by atoms with Gasteiger partial charge in [-0.15, -0.1) is 13.2 Å². The third kappa shape index (κ3) is 2.22. The molecule has 0 fully saturated rings. The van der Waals surface area contributed by atoms with Gasteiger partial charge in [0.25, 0.3) is 0 Å². The highest BCUT2D eigenvalue weighted by Gasteiger charge is 2.46. The summed E-state index contributed by atoms with van der Waals surface area (Å²) in [5.74, 6) is -0.626. The average Bonchev–Trinajstić information content (AvgIpc) is 2.38. The number of halogens is 5. The molecule has 0 saturated carbocycles. The van der Waals surface area contributed by atoms with E-state index in [0.717, 1.165) is 6.07 Å². The first-order valence-corrected chi connectivity index (χ1v) is 5.41. The SMILES string of the molecule is Cc1cc2ccc(F)cc2[s+]1C(F)(F)F.[Br-]. The summed E-state index contributed by atoms with van der Waals surface area (Å²) in [5, 5.41) is 0.467. The zero-order valence-corrected chi connectivity index (χ0v) is 10.5. The van der Waals surface area contributed by atoms with E-state index in [2.05, 4.69) is 0 Å². The Morgan fingerprint density at radius 1 is 1.12 bits per heavy atom. The maximum absolute atomic E-state index is 12.9. The van der Waals surface area contributed by atoms with Crippen LogP contribution < -0.4 is 17.0 Å². The van der Waals surface area contributed by atoms with E-state index in [4.69, 9.17) is 0 Å². The van der Waals surface area contributed by atoms with Crippen molar-refractivity contribution in [1.82, 2.24) is 0 Å². The van der Waals surface area contributed by atoms with Crippen LogP contribution in [0.2, 0.25) is 0 Å². The lowest BCUT2D eigenvalue weighted by atomic mass is 10.2. The Morgan fingerprint density at radius 2 is 1.75 bits per heavy atom. The molecule has 0 aliphatic heterocycles. The van der Waals surface area contributed by atoms with E-state index < -0.39 is 21.8 Å². The predicted molar refractivity (Wildman–Crippen MR) is 52.4 cm³/mol. The normalized spacial score (nSPS) is 12.7. The Bertz CT molecular complexity index is 515. The summed E-state index contributed by atoms with van der Waals surface area (Å²) in [6, 6.07) is 4.99. The lowest BCUT2D eigenvalue weighted by Crippen LogP contribution is -3.00. The second kappa shape index (κ2) is 4.33. The molecular formula is C10H7BrF4S. The van der Waals surface area contributed by atoms with Gasteiger partial charge in [-0.2, -0.15) is 0 Å². The minimum absolute atomic E-state index is 0. The maximum atomic E-state index is 12.9. The summed E-state index contributed by atoms with van der Waals surface area (Å²) in [5.41, 5.74) is -4.32. The van der Waals surface area contributed by atoms with Crippen LogP contribution >= 0.6 is 10.5 Å². The summed E-state index contributed by atoms with van der Waals surface area (Å²) in [6.45, 7) is 1.43. The lowest BCUT2D eigenvalue weighted by Gasteiger charge is -1.96. The Balaban J connectivity index is 0.00000128. The first-order valence-electron chi connectivity index (χ1n) is 4.18. The molecule has 0 bridgehead atoms. The molecule has 0 aliphatic carbocycles. The van der Waals surface area contributed by atoms with Crippen LogP contribution in [0.3, 0.4) is 0 Å². The van der Waals surface area contributed by atoms with Crippen molar-refractivity contribution in [3.8, 4) is 0 Å². The molecule has 0 N–H and O–H groups in total. The first-order chi connectivity index (χ1) is 6.89. The largest absolute Gasteiger partial charge is 1.00 e. The lowest BCUT2D eigenvalue weighted by molar-refractivity contribution is -0.0867. The molecule has 1 unspecified atom stereocenters. The Morgan fingerprint density at radius 3 is 2.31 bits per heavy atom. The highest BCUT2D eigenvalue weighted by Crippen LogP contribution is 2.50. The number of aryl methyl sites for hydroxylation is 1. The van der Waals surface area contributed by atoms with Crippen molar-refractivity contribution >= 4 is 20.6 Å². The molecule has 6 heteroatoms. The van der Waals surface area contributed by atoms with E-state index in [1.807, 2.05) is 0 Å². The van der Waals surface area contributed by atoms with Gasteiger partial charge in [0, 0.05) is 24.4 Å². The fourth-order valence-electron chi connectivity index (χ4n) is 1.56. The van der Waals surface area contributed by atoms with Crippen LogP contribution in [0.5, 0.6) is 0 Å². The molecule has 16 heavy (non-hydrogen) atoms. The summed E-state index contributed by atoms with van der Waals surface area (Å²) >= 11 is 0. The fourth-order valence-corrected chi connectivity index (χ4v) is 3.36. The number of fused-ring (bicyclic) bond motifs is 1. The van der Waals surface area contributed by atoms with Crippen molar-refractivity contribution in [2.45, 2.75) is 12.4 Å². The zero-order valence-electron chi connectivity index (χ0n) is 8.11. The smallest absolute Gasteiger partial charge is 0.600 e. The molecule has 0 aliphatic rings. The van der Waals surface area contributed by atoms with Gasteiger partial charge in [0.2, 0.25) is 0 Å². The summed E-state index contributed by atoms with van der Waals surface area (Å²) in [6.07, 6.45) is 0. The average molecular weight is 315 g/mol. The molecule has 1 aromatic heterocycles. The van der Waals surface area contributed by atoms with Crippen LogP contribution in [0.4, 0.5) is 17.6 Å². The minimum Gasteiger partial charge on any atom is -1.00 e. The molecule has 1 atom stereocenters. The van der Waals surface area contributed by atoms with Gasteiger partial charge in [0.05, 0.1) is 10.5 Å². The number of rotatable bonds is 0. The molecule has 0 radical (unpaired) electrons. The van der Waals surface area contributed by atoms with Crippen molar-refractivity contribution in [3.05, 3.63) is 35.0 Å². The van der Waals surface area contributed by atoms with Crippen molar-refractivity contribution in [2.24, 2.45) is 0 Å². The van der Waals surface area contributed by atoms with Gasteiger partial charge in [-0.3, -0.25) is 0 Å². The minimum atomic E-state index is -4.32. The van der Waals surface area contributed by atoms with Gasteiger partial charge in [-0.25, -0.2) is 4.39 Å². The van der Waals surface area contributed by atoms with Crippen LogP contribution in [0.15, 0.2) is 24.3 Å². The number of alkyl halides is 3. The van der Waals surface area contributed by atoms with Gasteiger partial charge < -0.3 is 17.0 Å². The third-order valence-electron chi connectivity index (χ3n) is 2.11. The van der Waals surface area contributed by atoms with Crippen molar-refractivity contribution in [2.75, 3.05) is 0 Å². The molecule has 1 heterocycles. The van der Waals surface area contributed by atoms with Crippen LogP contribution in [0.25, 0.3) is 10.1 Å².